The van der Waals surface area contributed by atoms with E-state index in [9.17, 15) is 4.79 Å². The Labute approximate surface area is 122 Å². The van der Waals surface area contributed by atoms with Gasteiger partial charge < -0.3 is 15.0 Å². The van der Waals surface area contributed by atoms with Crippen molar-refractivity contribution in [3.05, 3.63) is 21.6 Å². The van der Waals surface area contributed by atoms with Crippen molar-refractivity contribution < 1.29 is 4.74 Å². The molecule has 0 aromatic carbocycles. The molecule has 0 amide bonds. The second-order valence-electron chi connectivity index (χ2n) is 4.67. The van der Waals surface area contributed by atoms with E-state index in [2.05, 4.69) is 21.2 Å². The number of likely N-dealkylation sites (N-methyl/N-ethyl adjacent to an activating group) is 1. The molecule has 1 aliphatic heterocycles. The van der Waals surface area contributed by atoms with Gasteiger partial charge in [0.05, 0.1) is 23.9 Å². The van der Waals surface area contributed by atoms with Crippen molar-refractivity contribution >= 4 is 17.3 Å². The second-order valence-corrected chi connectivity index (χ2v) is 5.08. The minimum Gasteiger partial charge on any atom is -0.377 e. The van der Waals surface area contributed by atoms with Gasteiger partial charge in [-0.3, -0.25) is 4.79 Å². The highest BCUT2D eigenvalue weighted by atomic mass is 35.5. The zero-order chi connectivity index (χ0) is 14.5. The first-order valence-electron chi connectivity index (χ1n) is 6.35. The molecule has 0 bridgehead atoms. The average molecular weight is 297 g/mol. The Hall–Kier alpha value is -1.55. The number of hydrogen-bond acceptors (Lipinski definition) is 5. The molecule has 0 radical (unpaired) electrons. The van der Waals surface area contributed by atoms with Gasteiger partial charge in [0.1, 0.15) is 12.2 Å². The summed E-state index contributed by atoms with van der Waals surface area (Å²) in [4.78, 5) is 14.3. The van der Waals surface area contributed by atoms with Crippen LogP contribution in [0.3, 0.4) is 0 Å². The number of ether oxygens (including phenoxy) is 1. The minimum absolute atomic E-state index is 0.0264. The van der Waals surface area contributed by atoms with E-state index in [0.717, 1.165) is 13.1 Å². The molecule has 1 aromatic rings. The maximum Gasteiger partial charge on any atom is 0.292 e. The molecule has 2 heterocycles. The highest BCUT2D eigenvalue weighted by molar-refractivity contribution is 6.32. The van der Waals surface area contributed by atoms with Crippen LogP contribution in [0.15, 0.2) is 11.0 Å². The fourth-order valence-corrected chi connectivity index (χ4v) is 2.23. The van der Waals surface area contributed by atoms with Crippen molar-refractivity contribution in [2.75, 3.05) is 38.6 Å². The van der Waals surface area contributed by atoms with Gasteiger partial charge in [-0.25, -0.2) is 4.68 Å². The highest BCUT2D eigenvalue weighted by Crippen LogP contribution is 2.15. The van der Waals surface area contributed by atoms with Crippen LogP contribution in [-0.2, 0) is 11.3 Å². The Morgan fingerprint density at radius 1 is 1.70 bits per heavy atom. The Balaban J connectivity index is 2.07. The lowest BCUT2D eigenvalue weighted by atomic mass is 10.2. The standard InChI is InChI=1S/C13H17ClN4O2/c1-3-4-18-13(19)12(11(14)8-16-18)15-7-10-9-17(2)5-6-20-10/h1,8,10,15H,4-7,9H2,2H3. The predicted octanol–water partition coefficient (Wildman–Crippen LogP) is 0.272. The van der Waals surface area contributed by atoms with Gasteiger partial charge in [0.25, 0.3) is 5.56 Å². The minimum atomic E-state index is -0.320. The summed E-state index contributed by atoms with van der Waals surface area (Å²) in [6.07, 6.45) is 6.63. The summed E-state index contributed by atoms with van der Waals surface area (Å²) < 4.78 is 6.82. The maximum atomic E-state index is 12.1. The number of anilines is 1. The third kappa shape index (κ3) is 3.51. The molecular formula is C13H17ClN4O2. The molecule has 1 unspecified atom stereocenters. The first-order valence-corrected chi connectivity index (χ1v) is 6.72. The molecular weight excluding hydrogens is 280 g/mol. The first kappa shape index (κ1) is 14.9. The van der Waals surface area contributed by atoms with E-state index >= 15 is 0 Å². The summed E-state index contributed by atoms with van der Waals surface area (Å²) in [5.41, 5.74) is -0.00615. The van der Waals surface area contributed by atoms with E-state index < -0.39 is 0 Å². The number of halogens is 1. The quantitative estimate of drug-likeness (QED) is 0.809. The molecule has 1 aliphatic rings. The normalized spacial score (nSPS) is 19.6. The molecule has 108 valence electrons. The van der Waals surface area contributed by atoms with Gasteiger partial charge in [0.2, 0.25) is 0 Å². The van der Waals surface area contributed by atoms with E-state index in [1.54, 1.807) is 0 Å². The number of rotatable bonds is 4. The van der Waals surface area contributed by atoms with Crippen LogP contribution in [0.25, 0.3) is 0 Å². The van der Waals surface area contributed by atoms with E-state index in [4.69, 9.17) is 22.8 Å². The third-order valence-electron chi connectivity index (χ3n) is 3.09. The molecule has 1 fully saturated rings. The van der Waals surface area contributed by atoms with Gasteiger partial charge in [-0.1, -0.05) is 17.5 Å². The van der Waals surface area contributed by atoms with Crippen molar-refractivity contribution in [1.82, 2.24) is 14.7 Å². The van der Waals surface area contributed by atoms with Gasteiger partial charge in [0.15, 0.2) is 0 Å². The zero-order valence-electron chi connectivity index (χ0n) is 11.3. The summed E-state index contributed by atoms with van der Waals surface area (Å²) >= 11 is 6.01. The Bertz CT molecular complexity index is 566. The first-order chi connectivity index (χ1) is 9.61. The van der Waals surface area contributed by atoms with E-state index in [-0.39, 0.29) is 23.2 Å². The molecule has 1 saturated heterocycles. The summed E-state index contributed by atoms with van der Waals surface area (Å²) in [6, 6.07) is 0. The van der Waals surface area contributed by atoms with Crippen LogP contribution in [0.5, 0.6) is 0 Å². The molecule has 6 nitrogen and oxygen atoms in total. The van der Waals surface area contributed by atoms with Gasteiger partial charge in [-0.15, -0.1) is 6.42 Å². The number of morpholine rings is 1. The Kier molecular flexibility index (Phi) is 5.01. The number of hydrogen-bond donors (Lipinski definition) is 1. The van der Waals surface area contributed by atoms with Crippen LogP contribution in [0.4, 0.5) is 5.69 Å². The monoisotopic (exact) mass is 296 g/mol. The van der Waals surface area contributed by atoms with Crippen LogP contribution in [-0.4, -0.2) is 54.1 Å². The van der Waals surface area contributed by atoms with E-state index in [0.29, 0.717) is 18.8 Å². The Morgan fingerprint density at radius 3 is 3.20 bits per heavy atom. The molecule has 1 aromatic heterocycles. The average Bonchev–Trinajstić information content (AvgIpc) is 2.42. The lowest BCUT2D eigenvalue weighted by molar-refractivity contribution is -0.0117. The summed E-state index contributed by atoms with van der Waals surface area (Å²) in [6.45, 7) is 3.05. The smallest absolute Gasteiger partial charge is 0.292 e. The molecule has 1 N–H and O–H groups in total. The predicted molar refractivity (Wildman–Crippen MR) is 78.1 cm³/mol. The highest BCUT2D eigenvalue weighted by Gasteiger charge is 2.18. The van der Waals surface area contributed by atoms with Crippen LogP contribution in [0.1, 0.15) is 0 Å². The van der Waals surface area contributed by atoms with Crippen molar-refractivity contribution in [2.24, 2.45) is 0 Å². The number of terminal acetylenes is 1. The molecule has 20 heavy (non-hydrogen) atoms. The molecule has 7 heteroatoms. The number of aromatic nitrogens is 2. The molecule has 1 atom stereocenters. The zero-order valence-corrected chi connectivity index (χ0v) is 12.1. The summed E-state index contributed by atoms with van der Waals surface area (Å²) in [5.74, 6) is 2.38. The second kappa shape index (κ2) is 6.75. The van der Waals surface area contributed by atoms with Crippen LogP contribution in [0, 0.1) is 12.3 Å². The Morgan fingerprint density at radius 2 is 2.50 bits per heavy atom. The van der Waals surface area contributed by atoms with E-state index in [1.807, 2.05) is 7.05 Å². The lowest BCUT2D eigenvalue weighted by Crippen LogP contribution is -2.43. The molecule has 0 spiro atoms. The van der Waals surface area contributed by atoms with Gasteiger partial charge in [0, 0.05) is 19.6 Å². The topological polar surface area (TPSA) is 59.4 Å². The van der Waals surface area contributed by atoms with Crippen molar-refractivity contribution in [3.63, 3.8) is 0 Å². The van der Waals surface area contributed by atoms with Crippen molar-refractivity contribution in [2.45, 2.75) is 12.6 Å². The van der Waals surface area contributed by atoms with Gasteiger partial charge in [-0.05, 0) is 7.05 Å². The maximum absolute atomic E-state index is 12.1. The van der Waals surface area contributed by atoms with E-state index in [1.165, 1.54) is 10.9 Å². The number of nitrogens with one attached hydrogen (secondary N) is 1. The molecule has 2 rings (SSSR count). The van der Waals surface area contributed by atoms with Crippen molar-refractivity contribution in [1.29, 1.82) is 0 Å². The molecule has 0 saturated carbocycles. The van der Waals surface area contributed by atoms with Crippen LogP contribution in [0.2, 0.25) is 5.02 Å². The third-order valence-corrected chi connectivity index (χ3v) is 3.37. The number of nitrogens with zero attached hydrogens (tertiary/aromatic N) is 3. The fourth-order valence-electron chi connectivity index (χ4n) is 2.03. The fraction of sp³-hybridized carbons (Fsp3) is 0.538. The van der Waals surface area contributed by atoms with Crippen molar-refractivity contribution in [3.8, 4) is 12.3 Å². The molecule has 0 aliphatic carbocycles. The SMILES string of the molecule is C#CCn1ncc(Cl)c(NCC2CN(C)CCO2)c1=O. The van der Waals surface area contributed by atoms with Crippen LogP contribution >= 0.6 is 11.6 Å². The van der Waals surface area contributed by atoms with Gasteiger partial charge >= 0.3 is 0 Å². The lowest BCUT2D eigenvalue weighted by Gasteiger charge is -2.30. The largest absolute Gasteiger partial charge is 0.377 e. The van der Waals surface area contributed by atoms with Crippen LogP contribution < -0.4 is 10.9 Å². The van der Waals surface area contributed by atoms with Gasteiger partial charge in [-0.2, -0.15) is 5.10 Å². The summed E-state index contributed by atoms with van der Waals surface area (Å²) in [5, 5.41) is 7.21. The summed E-state index contributed by atoms with van der Waals surface area (Å²) in [7, 11) is 2.04.